The van der Waals surface area contributed by atoms with Crippen LogP contribution < -0.4 is 5.73 Å². The third-order valence-electron chi connectivity index (χ3n) is 3.11. The molecule has 2 aromatic rings. The van der Waals surface area contributed by atoms with E-state index < -0.39 is 0 Å². The van der Waals surface area contributed by atoms with Crippen LogP contribution >= 0.6 is 0 Å². The van der Waals surface area contributed by atoms with Gasteiger partial charge in [0, 0.05) is 11.6 Å². The van der Waals surface area contributed by atoms with Gasteiger partial charge < -0.3 is 10.7 Å². The van der Waals surface area contributed by atoms with Crippen LogP contribution in [0.1, 0.15) is 45.0 Å². The average Bonchev–Trinajstić information content (AvgIpc) is 2.77. The number of aromatic amines is 1. The summed E-state index contributed by atoms with van der Waals surface area (Å²) in [7, 11) is 0. The number of nitrogens with two attached hydrogens (primary N) is 1. The minimum Gasteiger partial charge on any atom is -0.341 e. The second-order valence-electron chi connectivity index (χ2n) is 5.80. The van der Waals surface area contributed by atoms with Crippen molar-refractivity contribution in [1.82, 2.24) is 9.97 Å². The maximum atomic E-state index is 5.82. The van der Waals surface area contributed by atoms with Crippen molar-refractivity contribution < 1.29 is 0 Å². The second-order valence-corrected chi connectivity index (χ2v) is 5.80. The number of H-pyrrole nitrogens is 1. The molecule has 2 rings (SSSR count). The molecule has 3 heteroatoms. The molecular formula is C15H21N3. The smallest absolute Gasteiger partial charge is 0.137 e. The van der Waals surface area contributed by atoms with Gasteiger partial charge in [-0.15, -0.1) is 0 Å². The number of nitrogens with zero attached hydrogens (tertiary/aromatic N) is 1. The Bertz CT molecular complexity index is 515. The molecule has 96 valence electrons. The van der Waals surface area contributed by atoms with E-state index >= 15 is 0 Å². The lowest BCUT2D eigenvalue weighted by Crippen LogP contribution is -2.10. The summed E-state index contributed by atoms with van der Waals surface area (Å²) in [5, 5.41) is 0. The van der Waals surface area contributed by atoms with Crippen LogP contribution in [0.2, 0.25) is 0 Å². The monoisotopic (exact) mass is 243 g/mol. The number of imidazole rings is 1. The van der Waals surface area contributed by atoms with Crippen LogP contribution in [0.15, 0.2) is 30.5 Å². The predicted octanol–water partition coefficient (Wildman–Crippen LogP) is 3.39. The Kier molecular flexibility index (Phi) is 3.26. The van der Waals surface area contributed by atoms with Crippen LogP contribution in [0.25, 0.3) is 11.4 Å². The molecule has 0 amide bonds. The van der Waals surface area contributed by atoms with E-state index in [9.17, 15) is 0 Å². The summed E-state index contributed by atoms with van der Waals surface area (Å²) in [5.74, 6) is 0.878. The molecule has 18 heavy (non-hydrogen) atoms. The number of rotatable bonds is 2. The Hall–Kier alpha value is -1.61. The average molecular weight is 243 g/mol. The van der Waals surface area contributed by atoms with Crippen LogP contribution in [0, 0.1) is 0 Å². The van der Waals surface area contributed by atoms with Crippen molar-refractivity contribution in [3.05, 3.63) is 41.7 Å². The van der Waals surface area contributed by atoms with Gasteiger partial charge in [0.2, 0.25) is 0 Å². The van der Waals surface area contributed by atoms with Gasteiger partial charge in [0.15, 0.2) is 0 Å². The molecule has 1 atom stereocenters. The first-order valence-electron chi connectivity index (χ1n) is 6.29. The molecular weight excluding hydrogens is 222 g/mol. The van der Waals surface area contributed by atoms with E-state index in [0.29, 0.717) is 0 Å². The number of benzene rings is 1. The fourth-order valence-electron chi connectivity index (χ4n) is 1.84. The maximum Gasteiger partial charge on any atom is 0.137 e. The topological polar surface area (TPSA) is 54.7 Å². The Morgan fingerprint density at radius 3 is 2.22 bits per heavy atom. The molecule has 3 nitrogen and oxygen atoms in total. The Morgan fingerprint density at radius 1 is 1.17 bits per heavy atom. The van der Waals surface area contributed by atoms with E-state index in [1.807, 2.05) is 6.92 Å². The first-order chi connectivity index (χ1) is 8.38. The fraction of sp³-hybridized carbons (Fsp3) is 0.400. The first kappa shape index (κ1) is 12.8. The van der Waals surface area contributed by atoms with Crippen molar-refractivity contribution in [3.8, 4) is 11.4 Å². The van der Waals surface area contributed by atoms with Crippen molar-refractivity contribution >= 4 is 0 Å². The van der Waals surface area contributed by atoms with E-state index in [4.69, 9.17) is 5.73 Å². The number of hydrogen-bond donors (Lipinski definition) is 2. The summed E-state index contributed by atoms with van der Waals surface area (Å²) >= 11 is 0. The van der Waals surface area contributed by atoms with Crippen LogP contribution in [-0.4, -0.2) is 9.97 Å². The Balaban J connectivity index is 2.29. The number of nitrogens with one attached hydrogen (secondary N) is 1. The molecule has 1 heterocycles. The van der Waals surface area contributed by atoms with Crippen molar-refractivity contribution in [1.29, 1.82) is 0 Å². The van der Waals surface area contributed by atoms with E-state index in [2.05, 4.69) is 55.0 Å². The summed E-state index contributed by atoms with van der Waals surface area (Å²) in [6.45, 7) is 8.58. The normalized spacial score (nSPS) is 13.6. The van der Waals surface area contributed by atoms with Gasteiger partial charge >= 0.3 is 0 Å². The van der Waals surface area contributed by atoms with Gasteiger partial charge in [0.05, 0.1) is 11.9 Å². The van der Waals surface area contributed by atoms with Gasteiger partial charge in [-0.25, -0.2) is 4.98 Å². The molecule has 0 bridgehead atoms. The van der Waals surface area contributed by atoms with Crippen molar-refractivity contribution in [3.63, 3.8) is 0 Å². The standard InChI is InChI=1S/C15H21N3/c1-10(16)13-9-17-14(18-13)11-5-7-12(8-6-11)15(2,3)4/h5-10H,16H2,1-4H3,(H,17,18). The van der Waals surface area contributed by atoms with Crippen LogP contribution in [0.4, 0.5) is 0 Å². The lowest BCUT2D eigenvalue weighted by Gasteiger charge is -2.18. The minimum absolute atomic E-state index is 0.0138. The lowest BCUT2D eigenvalue weighted by atomic mass is 9.87. The van der Waals surface area contributed by atoms with Crippen molar-refractivity contribution in [2.75, 3.05) is 0 Å². The summed E-state index contributed by atoms with van der Waals surface area (Å²) in [6, 6.07) is 8.50. The molecule has 0 saturated heterocycles. The fourth-order valence-corrected chi connectivity index (χ4v) is 1.84. The van der Waals surface area contributed by atoms with Crippen molar-refractivity contribution in [2.45, 2.75) is 39.2 Å². The highest BCUT2D eigenvalue weighted by Gasteiger charge is 2.13. The zero-order chi connectivity index (χ0) is 13.3. The van der Waals surface area contributed by atoms with Gasteiger partial charge in [-0.05, 0) is 17.9 Å². The van der Waals surface area contributed by atoms with Gasteiger partial charge in [-0.2, -0.15) is 0 Å². The Morgan fingerprint density at radius 2 is 1.78 bits per heavy atom. The Labute approximate surface area is 108 Å². The molecule has 0 saturated carbocycles. The number of hydrogen-bond acceptors (Lipinski definition) is 2. The lowest BCUT2D eigenvalue weighted by molar-refractivity contribution is 0.590. The van der Waals surface area contributed by atoms with E-state index in [1.54, 1.807) is 6.20 Å². The van der Waals surface area contributed by atoms with Gasteiger partial charge in [0.1, 0.15) is 5.82 Å². The molecule has 1 aromatic heterocycles. The summed E-state index contributed by atoms with van der Waals surface area (Å²) < 4.78 is 0. The number of aromatic nitrogens is 2. The van der Waals surface area contributed by atoms with E-state index in [1.165, 1.54) is 5.56 Å². The molecule has 0 spiro atoms. The minimum atomic E-state index is -0.0138. The summed E-state index contributed by atoms with van der Waals surface area (Å²) in [6.07, 6.45) is 1.80. The highest BCUT2D eigenvalue weighted by atomic mass is 14.9. The third kappa shape index (κ3) is 2.62. The predicted molar refractivity (Wildman–Crippen MR) is 75.3 cm³/mol. The molecule has 0 aliphatic carbocycles. The molecule has 3 N–H and O–H groups in total. The molecule has 0 fully saturated rings. The quantitative estimate of drug-likeness (QED) is 0.849. The van der Waals surface area contributed by atoms with Gasteiger partial charge in [-0.1, -0.05) is 45.0 Å². The molecule has 0 aliphatic rings. The highest BCUT2D eigenvalue weighted by molar-refractivity contribution is 5.56. The SMILES string of the molecule is CC(N)c1cnc(-c2ccc(C(C)(C)C)cc2)[nH]1. The first-order valence-corrected chi connectivity index (χ1v) is 6.29. The summed E-state index contributed by atoms with van der Waals surface area (Å²) in [4.78, 5) is 7.61. The summed E-state index contributed by atoms with van der Waals surface area (Å²) in [5.41, 5.74) is 9.37. The van der Waals surface area contributed by atoms with Crippen LogP contribution in [0.5, 0.6) is 0 Å². The third-order valence-corrected chi connectivity index (χ3v) is 3.11. The van der Waals surface area contributed by atoms with Crippen LogP contribution in [-0.2, 0) is 5.41 Å². The largest absolute Gasteiger partial charge is 0.341 e. The molecule has 1 aromatic carbocycles. The van der Waals surface area contributed by atoms with E-state index in [0.717, 1.165) is 17.1 Å². The highest BCUT2D eigenvalue weighted by Crippen LogP contribution is 2.25. The van der Waals surface area contributed by atoms with E-state index in [-0.39, 0.29) is 11.5 Å². The zero-order valence-corrected chi connectivity index (χ0v) is 11.5. The zero-order valence-electron chi connectivity index (χ0n) is 11.5. The second kappa shape index (κ2) is 4.58. The molecule has 0 aliphatic heterocycles. The van der Waals surface area contributed by atoms with Crippen LogP contribution in [0.3, 0.4) is 0 Å². The maximum absolute atomic E-state index is 5.82. The molecule has 0 radical (unpaired) electrons. The van der Waals surface area contributed by atoms with Gasteiger partial charge in [-0.3, -0.25) is 0 Å². The van der Waals surface area contributed by atoms with Crippen molar-refractivity contribution in [2.24, 2.45) is 5.73 Å². The van der Waals surface area contributed by atoms with Gasteiger partial charge in [0.25, 0.3) is 0 Å². The molecule has 1 unspecified atom stereocenters.